The summed E-state index contributed by atoms with van der Waals surface area (Å²) in [6.45, 7) is 0. The van der Waals surface area contributed by atoms with Gasteiger partial charge < -0.3 is 4.57 Å². The molecule has 3 aromatic rings. The van der Waals surface area contributed by atoms with Crippen LogP contribution in [0.1, 0.15) is 38.5 Å². The van der Waals surface area contributed by atoms with Crippen molar-refractivity contribution < 1.29 is 4.79 Å². The van der Waals surface area contributed by atoms with Crippen LogP contribution in [-0.4, -0.2) is 10.5 Å². The summed E-state index contributed by atoms with van der Waals surface area (Å²) in [6.07, 6.45) is 7.14. The molecule has 5 heteroatoms. The van der Waals surface area contributed by atoms with Crippen LogP contribution >= 0.6 is 22.9 Å². The molecule has 1 heterocycles. The standard InChI is InChI=1S/C27H27ClN2OS/c1-30-23(20-7-9-22(28)10-8-20)24(21-5-3-2-4-6-21)32-26(30)29-25(31)27-14-17-11-18(15-27)13-19(12-17)16-27/h2-10,17-19H,11-16H2,1H3. The first-order valence-electron chi connectivity index (χ1n) is 11.6. The fraction of sp³-hybridized carbons (Fsp3) is 0.407. The zero-order valence-electron chi connectivity index (χ0n) is 18.3. The maximum Gasteiger partial charge on any atom is 0.254 e. The Morgan fingerprint density at radius 1 is 0.938 bits per heavy atom. The third-order valence-electron chi connectivity index (χ3n) is 7.87. The first-order chi connectivity index (χ1) is 15.5. The number of carbonyl (C=O) groups is 1. The second-order valence-electron chi connectivity index (χ2n) is 10.1. The first kappa shape index (κ1) is 20.4. The van der Waals surface area contributed by atoms with Gasteiger partial charge in [0, 0.05) is 12.1 Å². The predicted molar refractivity (Wildman–Crippen MR) is 130 cm³/mol. The lowest BCUT2D eigenvalue weighted by molar-refractivity contribution is -0.142. The molecule has 0 unspecified atom stereocenters. The monoisotopic (exact) mass is 462 g/mol. The van der Waals surface area contributed by atoms with Crippen molar-refractivity contribution in [1.82, 2.24) is 4.57 Å². The predicted octanol–water partition coefficient (Wildman–Crippen LogP) is 6.72. The maximum atomic E-state index is 13.7. The van der Waals surface area contributed by atoms with Gasteiger partial charge in [-0.05, 0) is 79.5 Å². The summed E-state index contributed by atoms with van der Waals surface area (Å²) in [5.41, 5.74) is 3.09. The lowest BCUT2D eigenvalue weighted by Crippen LogP contribution is -2.49. The molecule has 4 aliphatic carbocycles. The van der Waals surface area contributed by atoms with Gasteiger partial charge in [0.05, 0.1) is 16.0 Å². The van der Waals surface area contributed by atoms with E-state index in [1.165, 1.54) is 19.3 Å². The molecule has 4 aliphatic rings. The molecule has 0 aliphatic heterocycles. The van der Waals surface area contributed by atoms with Crippen LogP contribution in [0.2, 0.25) is 5.02 Å². The van der Waals surface area contributed by atoms with Crippen LogP contribution in [0.4, 0.5) is 0 Å². The van der Waals surface area contributed by atoms with Gasteiger partial charge in [-0.2, -0.15) is 4.99 Å². The third-order valence-corrected chi connectivity index (χ3v) is 9.31. The second kappa shape index (κ2) is 7.71. The molecule has 0 spiro atoms. The molecule has 0 radical (unpaired) electrons. The van der Waals surface area contributed by atoms with E-state index in [9.17, 15) is 4.79 Å². The molecular weight excluding hydrogens is 436 g/mol. The van der Waals surface area contributed by atoms with Gasteiger partial charge in [-0.15, -0.1) is 0 Å². The largest absolute Gasteiger partial charge is 0.319 e. The molecule has 0 saturated heterocycles. The Balaban J connectivity index is 1.46. The highest BCUT2D eigenvalue weighted by molar-refractivity contribution is 7.13. The average Bonchev–Trinajstić information content (AvgIpc) is 3.10. The lowest BCUT2D eigenvalue weighted by atomic mass is 9.49. The minimum atomic E-state index is -0.209. The number of hydrogen-bond donors (Lipinski definition) is 0. The molecular formula is C27H27ClN2OS. The summed E-state index contributed by atoms with van der Waals surface area (Å²) >= 11 is 7.77. The number of hydrogen-bond acceptors (Lipinski definition) is 2. The number of carbonyl (C=O) groups excluding carboxylic acids is 1. The van der Waals surface area contributed by atoms with E-state index in [-0.39, 0.29) is 11.3 Å². The third kappa shape index (κ3) is 3.39. The van der Waals surface area contributed by atoms with Crippen molar-refractivity contribution in [2.24, 2.45) is 35.2 Å². The molecule has 4 bridgehead atoms. The number of amides is 1. The fourth-order valence-electron chi connectivity index (χ4n) is 6.85. The highest BCUT2D eigenvalue weighted by Crippen LogP contribution is 2.60. The second-order valence-corrected chi connectivity index (χ2v) is 11.5. The van der Waals surface area contributed by atoms with E-state index >= 15 is 0 Å². The van der Waals surface area contributed by atoms with E-state index < -0.39 is 0 Å². The number of nitrogens with zero attached hydrogens (tertiary/aromatic N) is 2. The van der Waals surface area contributed by atoms with Crippen LogP contribution < -0.4 is 4.80 Å². The van der Waals surface area contributed by atoms with Crippen molar-refractivity contribution in [2.75, 3.05) is 0 Å². The van der Waals surface area contributed by atoms with E-state index in [2.05, 4.69) is 28.8 Å². The number of benzene rings is 2. The van der Waals surface area contributed by atoms with Crippen LogP contribution in [0, 0.1) is 23.2 Å². The molecule has 7 rings (SSSR count). The SMILES string of the molecule is Cn1c(-c2ccc(Cl)cc2)c(-c2ccccc2)sc1=NC(=O)C12CC3CC(CC(C3)C1)C2. The van der Waals surface area contributed by atoms with Gasteiger partial charge in [0.1, 0.15) is 0 Å². The van der Waals surface area contributed by atoms with Gasteiger partial charge >= 0.3 is 0 Å². The van der Waals surface area contributed by atoms with E-state index in [0.29, 0.717) is 0 Å². The topological polar surface area (TPSA) is 34.4 Å². The van der Waals surface area contributed by atoms with E-state index in [0.717, 1.165) is 68.5 Å². The van der Waals surface area contributed by atoms with Gasteiger partial charge in [0.2, 0.25) is 0 Å². The van der Waals surface area contributed by atoms with Crippen LogP contribution in [0.15, 0.2) is 59.6 Å². The summed E-state index contributed by atoms with van der Waals surface area (Å²) in [4.78, 5) is 20.4. The van der Waals surface area contributed by atoms with Crippen molar-refractivity contribution >= 4 is 28.8 Å². The van der Waals surface area contributed by atoms with Gasteiger partial charge in [-0.25, -0.2) is 0 Å². The number of halogens is 1. The molecule has 0 N–H and O–H groups in total. The lowest BCUT2D eigenvalue weighted by Gasteiger charge is -2.55. The Morgan fingerprint density at radius 2 is 1.53 bits per heavy atom. The van der Waals surface area contributed by atoms with Gasteiger partial charge in [-0.3, -0.25) is 4.79 Å². The maximum absolute atomic E-state index is 13.7. The highest BCUT2D eigenvalue weighted by Gasteiger charge is 2.54. The van der Waals surface area contributed by atoms with Crippen LogP contribution in [-0.2, 0) is 11.8 Å². The van der Waals surface area contributed by atoms with Crippen LogP contribution in [0.25, 0.3) is 21.7 Å². The quantitative estimate of drug-likeness (QED) is 0.425. The molecule has 4 fully saturated rings. The van der Waals surface area contributed by atoms with Crippen molar-refractivity contribution in [3.8, 4) is 21.7 Å². The van der Waals surface area contributed by atoms with Crippen molar-refractivity contribution in [3.05, 3.63) is 64.4 Å². The summed E-state index contributed by atoms with van der Waals surface area (Å²) < 4.78 is 2.09. The van der Waals surface area contributed by atoms with E-state index in [1.807, 2.05) is 37.4 Å². The fourth-order valence-corrected chi connectivity index (χ4v) is 8.12. The molecule has 164 valence electrons. The van der Waals surface area contributed by atoms with Gasteiger partial charge in [0.25, 0.3) is 5.91 Å². The summed E-state index contributed by atoms with van der Waals surface area (Å²) in [5.74, 6) is 2.33. The number of thiazole rings is 1. The van der Waals surface area contributed by atoms with Crippen molar-refractivity contribution in [2.45, 2.75) is 38.5 Å². The summed E-state index contributed by atoms with van der Waals surface area (Å²) in [6, 6.07) is 18.3. The molecule has 32 heavy (non-hydrogen) atoms. The van der Waals surface area contributed by atoms with Gasteiger partial charge in [0.15, 0.2) is 4.80 Å². The molecule has 3 nitrogen and oxygen atoms in total. The Morgan fingerprint density at radius 3 is 2.12 bits per heavy atom. The summed E-state index contributed by atoms with van der Waals surface area (Å²) in [5, 5.41) is 0.717. The number of aromatic nitrogens is 1. The van der Waals surface area contributed by atoms with Crippen molar-refractivity contribution in [1.29, 1.82) is 0 Å². The molecule has 4 saturated carbocycles. The minimum absolute atomic E-state index is 0.121. The van der Waals surface area contributed by atoms with E-state index in [1.54, 1.807) is 11.3 Å². The minimum Gasteiger partial charge on any atom is -0.319 e. The average molecular weight is 463 g/mol. The Bertz CT molecular complexity index is 1200. The Labute approximate surface area is 197 Å². The van der Waals surface area contributed by atoms with Crippen LogP contribution in [0.5, 0.6) is 0 Å². The Kier molecular flexibility index (Phi) is 4.92. The molecule has 0 atom stereocenters. The molecule has 1 aromatic heterocycles. The van der Waals surface area contributed by atoms with Crippen molar-refractivity contribution in [3.63, 3.8) is 0 Å². The normalized spacial score (nSPS) is 28.9. The number of rotatable bonds is 3. The van der Waals surface area contributed by atoms with E-state index in [4.69, 9.17) is 16.6 Å². The summed E-state index contributed by atoms with van der Waals surface area (Å²) in [7, 11) is 2.03. The zero-order valence-corrected chi connectivity index (χ0v) is 19.8. The van der Waals surface area contributed by atoms with Gasteiger partial charge in [-0.1, -0.05) is 65.4 Å². The zero-order chi connectivity index (χ0) is 21.9. The highest BCUT2D eigenvalue weighted by atomic mass is 35.5. The Hall–Kier alpha value is -2.17. The first-order valence-corrected chi connectivity index (χ1v) is 12.8. The van der Waals surface area contributed by atoms with Crippen LogP contribution in [0.3, 0.4) is 0 Å². The smallest absolute Gasteiger partial charge is 0.254 e. The molecule has 1 amide bonds. The molecule has 2 aromatic carbocycles.